The summed E-state index contributed by atoms with van der Waals surface area (Å²) in [5.74, 6) is -0.183. The number of halogens is 1. The van der Waals surface area contributed by atoms with Crippen molar-refractivity contribution in [2.75, 3.05) is 5.32 Å². The summed E-state index contributed by atoms with van der Waals surface area (Å²) in [5.41, 5.74) is 3.10. The molecule has 0 aromatic heterocycles. The molecule has 0 aliphatic heterocycles. The van der Waals surface area contributed by atoms with Crippen LogP contribution in [0.2, 0.25) is 0 Å². The molecular formula is C17H20FN. The molecule has 2 aromatic carbocycles. The Morgan fingerprint density at radius 2 is 1.84 bits per heavy atom. The lowest BCUT2D eigenvalue weighted by molar-refractivity contribution is 0.625. The number of rotatable bonds is 5. The summed E-state index contributed by atoms with van der Waals surface area (Å²) in [7, 11) is 0. The Morgan fingerprint density at radius 3 is 2.47 bits per heavy atom. The topological polar surface area (TPSA) is 12.0 Å². The molecule has 1 nitrogen and oxygen atoms in total. The molecule has 19 heavy (non-hydrogen) atoms. The highest BCUT2D eigenvalue weighted by Crippen LogP contribution is 2.17. The van der Waals surface area contributed by atoms with Crippen molar-refractivity contribution in [3.8, 4) is 0 Å². The minimum Gasteiger partial charge on any atom is -0.382 e. The molecule has 2 aromatic rings. The van der Waals surface area contributed by atoms with Gasteiger partial charge in [0, 0.05) is 11.7 Å². The van der Waals surface area contributed by atoms with Gasteiger partial charge in [-0.25, -0.2) is 4.39 Å². The first-order valence-electron chi connectivity index (χ1n) is 6.75. The molecule has 0 radical (unpaired) electrons. The van der Waals surface area contributed by atoms with Gasteiger partial charge in [-0.05, 0) is 49.1 Å². The molecule has 0 fully saturated rings. The van der Waals surface area contributed by atoms with Gasteiger partial charge in [0.2, 0.25) is 0 Å². The Labute approximate surface area is 114 Å². The van der Waals surface area contributed by atoms with Crippen LogP contribution in [-0.4, -0.2) is 6.04 Å². The highest BCUT2D eigenvalue weighted by atomic mass is 19.1. The third-order valence-corrected chi connectivity index (χ3v) is 3.23. The van der Waals surface area contributed by atoms with Crippen LogP contribution in [0.3, 0.4) is 0 Å². The van der Waals surface area contributed by atoms with E-state index in [9.17, 15) is 4.39 Å². The molecule has 0 spiro atoms. The van der Waals surface area contributed by atoms with E-state index in [2.05, 4.69) is 24.4 Å². The van der Waals surface area contributed by atoms with Crippen molar-refractivity contribution in [3.05, 3.63) is 65.5 Å². The van der Waals surface area contributed by atoms with E-state index in [1.165, 1.54) is 5.56 Å². The van der Waals surface area contributed by atoms with Crippen LogP contribution in [0.5, 0.6) is 0 Å². The van der Waals surface area contributed by atoms with Gasteiger partial charge in [0.15, 0.2) is 0 Å². The van der Waals surface area contributed by atoms with Crippen LogP contribution in [-0.2, 0) is 6.42 Å². The van der Waals surface area contributed by atoms with E-state index in [-0.39, 0.29) is 5.82 Å². The molecule has 1 atom stereocenters. The lowest BCUT2D eigenvalue weighted by Gasteiger charge is -2.19. The Kier molecular flexibility index (Phi) is 4.56. The summed E-state index contributed by atoms with van der Waals surface area (Å²) in [6, 6.07) is 15.8. The van der Waals surface area contributed by atoms with Crippen LogP contribution in [0.4, 0.5) is 10.1 Å². The fourth-order valence-corrected chi connectivity index (χ4v) is 2.25. The highest BCUT2D eigenvalue weighted by Gasteiger charge is 2.08. The Morgan fingerprint density at radius 1 is 1.11 bits per heavy atom. The number of hydrogen-bond acceptors (Lipinski definition) is 1. The second-order valence-electron chi connectivity index (χ2n) is 4.96. The van der Waals surface area contributed by atoms with E-state index in [0.29, 0.717) is 6.04 Å². The fourth-order valence-electron chi connectivity index (χ4n) is 2.25. The minimum atomic E-state index is -0.183. The lowest BCUT2D eigenvalue weighted by atomic mass is 10.0. The zero-order chi connectivity index (χ0) is 13.7. The van der Waals surface area contributed by atoms with Gasteiger partial charge >= 0.3 is 0 Å². The second-order valence-corrected chi connectivity index (χ2v) is 4.96. The average molecular weight is 257 g/mol. The van der Waals surface area contributed by atoms with E-state index in [4.69, 9.17) is 0 Å². The van der Waals surface area contributed by atoms with Crippen molar-refractivity contribution in [1.29, 1.82) is 0 Å². The average Bonchev–Trinajstić information content (AvgIpc) is 2.38. The van der Waals surface area contributed by atoms with E-state index < -0.39 is 0 Å². The van der Waals surface area contributed by atoms with Crippen LogP contribution in [0.25, 0.3) is 0 Å². The van der Waals surface area contributed by atoms with Gasteiger partial charge in [-0.2, -0.15) is 0 Å². The van der Waals surface area contributed by atoms with E-state index in [0.717, 1.165) is 24.1 Å². The van der Waals surface area contributed by atoms with Gasteiger partial charge < -0.3 is 5.32 Å². The normalized spacial score (nSPS) is 12.2. The molecule has 0 saturated carbocycles. The third-order valence-electron chi connectivity index (χ3n) is 3.23. The maximum Gasteiger partial charge on any atom is 0.125 e. The summed E-state index contributed by atoms with van der Waals surface area (Å²) in [5, 5.41) is 3.42. The molecule has 2 rings (SSSR count). The summed E-state index contributed by atoms with van der Waals surface area (Å²) >= 11 is 0. The molecule has 0 bridgehead atoms. The van der Waals surface area contributed by atoms with Gasteiger partial charge in [0.1, 0.15) is 5.82 Å². The molecule has 0 aliphatic rings. The monoisotopic (exact) mass is 257 g/mol. The largest absolute Gasteiger partial charge is 0.382 e. The second kappa shape index (κ2) is 6.37. The van der Waals surface area contributed by atoms with Crippen molar-refractivity contribution in [2.24, 2.45) is 0 Å². The maximum absolute atomic E-state index is 13.4. The van der Waals surface area contributed by atoms with Gasteiger partial charge in [0.25, 0.3) is 0 Å². The number of anilines is 1. The zero-order valence-corrected chi connectivity index (χ0v) is 11.5. The first-order chi connectivity index (χ1) is 9.17. The standard InChI is InChI=1S/C17H20FN/c1-3-16(11-14-7-5-4-6-8-14)19-17-10-13(2)9-15(18)12-17/h4-10,12,16,19H,3,11H2,1-2H3. The Hall–Kier alpha value is -1.83. The lowest BCUT2D eigenvalue weighted by Crippen LogP contribution is -2.21. The SMILES string of the molecule is CCC(Cc1ccccc1)Nc1cc(C)cc(F)c1. The minimum absolute atomic E-state index is 0.183. The van der Waals surface area contributed by atoms with Crippen LogP contribution in [0.15, 0.2) is 48.5 Å². The maximum atomic E-state index is 13.4. The van der Waals surface area contributed by atoms with Crippen molar-refractivity contribution < 1.29 is 4.39 Å². The summed E-state index contributed by atoms with van der Waals surface area (Å²) in [6.45, 7) is 4.05. The van der Waals surface area contributed by atoms with Crippen LogP contribution >= 0.6 is 0 Å². The third kappa shape index (κ3) is 4.09. The molecule has 100 valence electrons. The number of nitrogens with one attached hydrogen (secondary N) is 1. The quantitative estimate of drug-likeness (QED) is 0.827. The van der Waals surface area contributed by atoms with Gasteiger partial charge in [-0.3, -0.25) is 0 Å². The molecule has 0 saturated heterocycles. The highest BCUT2D eigenvalue weighted by molar-refractivity contribution is 5.47. The molecule has 1 unspecified atom stereocenters. The Bertz CT molecular complexity index is 502. The van der Waals surface area contributed by atoms with Crippen molar-refractivity contribution in [2.45, 2.75) is 32.7 Å². The van der Waals surface area contributed by atoms with E-state index in [1.807, 2.05) is 31.2 Å². The fraction of sp³-hybridized carbons (Fsp3) is 0.294. The smallest absolute Gasteiger partial charge is 0.125 e. The zero-order valence-electron chi connectivity index (χ0n) is 11.5. The van der Waals surface area contributed by atoms with E-state index >= 15 is 0 Å². The van der Waals surface area contributed by atoms with Gasteiger partial charge in [0.05, 0.1) is 0 Å². The molecule has 0 amide bonds. The van der Waals surface area contributed by atoms with Crippen molar-refractivity contribution in [1.82, 2.24) is 0 Å². The number of aryl methyl sites for hydroxylation is 1. The summed E-state index contributed by atoms with van der Waals surface area (Å²) in [4.78, 5) is 0. The van der Waals surface area contributed by atoms with Gasteiger partial charge in [-0.1, -0.05) is 37.3 Å². The summed E-state index contributed by atoms with van der Waals surface area (Å²) in [6.07, 6.45) is 1.96. The predicted octanol–water partition coefficient (Wildman–Crippen LogP) is 4.57. The molecular weight excluding hydrogens is 237 g/mol. The van der Waals surface area contributed by atoms with Crippen molar-refractivity contribution in [3.63, 3.8) is 0 Å². The molecule has 0 aliphatic carbocycles. The Balaban J connectivity index is 2.06. The van der Waals surface area contributed by atoms with Crippen LogP contribution in [0.1, 0.15) is 24.5 Å². The molecule has 2 heteroatoms. The molecule has 1 N–H and O–H groups in total. The van der Waals surface area contributed by atoms with Crippen molar-refractivity contribution >= 4 is 5.69 Å². The first kappa shape index (κ1) is 13.6. The predicted molar refractivity (Wildman–Crippen MR) is 79.0 cm³/mol. The molecule has 0 heterocycles. The number of benzene rings is 2. The van der Waals surface area contributed by atoms with Crippen LogP contribution < -0.4 is 5.32 Å². The van der Waals surface area contributed by atoms with Gasteiger partial charge in [-0.15, -0.1) is 0 Å². The first-order valence-corrected chi connectivity index (χ1v) is 6.75. The number of hydrogen-bond donors (Lipinski definition) is 1. The van der Waals surface area contributed by atoms with Crippen LogP contribution in [0, 0.1) is 12.7 Å². The summed E-state index contributed by atoms with van der Waals surface area (Å²) < 4.78 is 13.4. The van der Waals surface area contributed by atoms with E-state index in [1.54, 1.807) is 12.1 Å².